The zero-order valence-electron chi connectivity index (χ0n) is 15.9. The van der Waals surface area contributed by atoms with Gasteiger partial charge in [-0.3, -0.25) is 9.71 Å². The van der Waals surface area contributed by atoms with Crippen molar-refractivity contribution in [1.82, 2.24) is 9.71 Å². The smallest absolute Gasteiger partial charge is 0.0482 e. The Morgan fingerprint density at radius 3 is 2.75 bits per heavy atom. The SMILES string of the molecule is Cc1cccc(C#Cc2ccc(SNCc3ccnc4c3C=CCC4)cc2)c1. The minimum atomic E-state index is 0.814. The molecule has 0 saturated carbocycles. The van der Waals surface area contributed by atoms with Gasteiger partial charge in [0.15, 0.2) is 0 Å². The van der Waals surface area contributed by atoms with E-state index in [0.717, 1.165) is 30.5 Å². The average molecular weight is 383 g/mol. The van der Waals surface area contributed by atoms with Crippen LogP contribution < -0.4 is 4.72 Å². The summed E-state index contributed by atoms with van der Waals surface area (Å²) >= 11 is 1.65. The van der Waals surface area contributed by atoms with Crippen LogP contribution in [-0.4, -0.2) is 4.98 Å². The van der Waals surface area contributed by atoms with Gasteiger partial charge in [-0.05, 0) is 85.3 Å². The molecule has 138 valence electrons. The third-order valence-electron chi connectivity index (χ3n) is 4.67. The van der Waals surface area contributed by atoms with Crippen molar-refractivity contribution >= 4 is 18.0 Å². The highest BCUT2D eigenvalue weighted by Crippen LogP contribution is 2.22. The molecular formula is C25H22N2S. The lowest BCUT2D eigenvalue weighted by molar-refractivity contribution is 0.894. The molecule has 1 heterocycles. The van der Waals surface area contributed by atoms with E-state index in [1.807, 2.05) is 18.3 Å². The fraction of sp³-hybridized carbons (Fsp3) is 0.160. The maximum atomic E-state index is 4.50. The van der Waals surface area contributed by atoms with Crippen LogP contribution in [0.1, 0.15) is 39.9 Å². The van der Waals surface area contributed by atoms with Crippen molar-refractivity contribution in [3.63, 3.8) is 0 Å². The molecule has 0 saturated heterocycles. The van der Waals surface area contributed by atoms with Gasteiger partial charge in [0.05, 0.1) is 0 Å². The third-order valence-corrected chi connectivity index (χ3v) is 5.47. The van der Waals surface area contributed by atoms with E-state index in [4.69, 9.17) is 0 Å². The highest BCUT2D eigenvalue weighted by molar-refractivity contribution is 7.97. The second kappa shape index (κ2) is 8.93. The summed E-state index contributed by atoms with van der Waals surface area (Å²) in [7, 11) is 0. The molecule has 2 aromatic carbocycles. The molecule has 1 aromatic heterocycles. The number of benzene rings is 2. The quantitative estimate of drug-likeness (QED) is 0.473. The minimum Gasteiger partial charge on any atom is -0.261 e. The van der Waals surface area contributed by atoms with Crippen LogP contribution >= 0.6 is 11.9 Å². The van der Waals surface area contributed by atoms with Crippen molar-refractivity contribution < 1.29 is 0 Å². The molecule has 0 radical (unpaired) electrons. The summed E-state index contributed by atoms with van der Waals surface area (Å²) in [6.07, 6.45) is 8.48. The second-order valence-corrected chi connectivity index (χ2v) is 7.80. The van der Waals surface area contributed by atoms with Crippen LogP contribution in [0, 0.1) is 18.8 Å². The molecule has 1 aliphatic carbocycles. The fourth-order valence-electron chi connectivity index (χ4n) is 3.21. The van der Waals surface area contributed by atoms with Gasteiger partial charge in [-0.15, -0.1) is 0 Å². The first-order chi connectivity index (χ1) is 13.8. The van der Waals surface area contributed by atoms with Crippen molar-refractivity contribution in [2.45, 2.75) is 31.2 Å². The van der Waals surface area contributed by atoms with Gasteiger partial charge in [0.25, 0.3) is 0 Å². The van der Waals surface area contributed by atoms with E-state index in [-0.39, 0.29) is 0 Å². The summed E-state index contributed by atoms with van der Waals surface area (Å²) in [5.41, 5.74) is 7.10. The molecular weight excluding hydrogens is 360 g/mol. The number of hydrogen-bond acceptors (Lipinski definition) is 3. The topological polar surface area (TPSA) is 24.9 Å². The Morgan fingerprint density at radius 2 is 1.89 bits per heavy atom. The number of allylic oxidation sites excluding steroid dienone is 1. The molecule has 2 nitrogen and oxygen atoms in total. The van der Waals surface area contributed by atoms with E-state index in [1.54, 1.807) is 11.9 Å². The lowest BCUT2D eigenvalue weighted by Crippen LogP contribution is -2.08. The van der Waals surface area contributed by atoms with E-state index in [0.29, 0.717) is 0 Å². The molecule has 0 aliphatic heterocycles. The summed E-state index contributed by atoms with van der Waals surface area (Å²) in [6.45, 7) is 2.90. The predicted octanol–water partition coefficient (Wildman–Crippen LogP) is 5.55. The van der Waals surface area contributed by atoms with Gasteiger partial charge in [0.1, 0.15) is 0 Å². The van der Waals surface area contributed by atoms with Gasteiger partial charge in [-0.2, -0.15) is 0 Å². The fourth-order valence-corrected chi connectivity index (χ4v) is 3.88. The van der Waals surface area contributed by atoms with Gasteiger partial charge in [-0.25, -0.2) is 0 Å². The van der Waals surface area contributed by atoms with E-state index in [9.17, 15) is 0 Å². The minimum absolute atomic E-state index is 0.814. The zero-order valence-corrected chi connectivity index (χ0v) is 16.7. The van der Waals surface area contributed by atoms with Crippen LogP contribution in [0.2, 0.25) is 0 Å². The van der Waals surface area contributed by atoms with Gasteiger partial charge in [-0.1, -0.05) is 36.1 Å². The molecule has 1 N–H and O–H groups in total. The molecule has 3 heteroatoms. The number of hydrogen-bond donors (Lipinski definition) is 1. The molecule has 4 rings (SSSR count). The first-order valence-corrected chi connectivity index (χ1v) is 10.3. The van der Waals surface area contributed by atoms with Crippen LogP contribution in [0.15, 0.2) is 71.8 Å². The highest BCUT2D eigenvalue weighted by atomic mass is 32.2. The van der Waals surface area contributed by atoms with E-state index in [2.05, 4.69) is 83.1 Å². The first kappa shape index (κ1) is 18.6. The Morgan fingerprint density at radius 1 is 1.04 bits per heavy atom. The number of fused-ring (bicyclic) bond motifs is 1. The summed E-state index contributed by atoms with van der Waals surface area (Å²) in [6, 6.07) is 18.7. The van der Waals surface area contributed by atoms with E-state index in [1.165, 1.54) is 27.3 Å². The Labute approximate surface area is 171 Å². The third kappa shape index (κ3) is 4.72. The lowest BCUT2D eigenvalue weighted by Gasteiger charge is -2.14. The van der Waals surface area contributed by atoms with Crippen molar-refractivity contribution in [2.75, 3.05) is 0 Å². The first-order valence-electron chi connectivity index (χ1n) is 9.50. The molecule has 1 aliphatic rings. The number of nitrogens with zero attached hydrogens (tertiary/aromatic N) is 1. The largest absolute Gasteiger partial charge is 0.261 e. The number of aromatic nitrogens is 1. The lowest BCUT2D eigenvalue weighted by atomic mass is 9.98. The molecule has 0 bridgehead atoms. The standard InChI is InChI=1S/C25H22N2S/c1-19-5-4-6-21(17-19)10-9-20-11-13-23(14-12-20)28-27-18-22-15-16-26-25-8-3-2-7-24(22)25/h2,4-7,11-17,27H,3,8,18H2,1H3. The number of nitrogens with one attached hydrogen (secondary N) is 1. The van der Waals surface area contributed by atoms with Gasteiger partial charge >= 0.3 is 0 Å². The van der Waals surface area contributed by atoms with Crippen molar-refractivity contribution in [3.05, 3.63) is 100 Å². The molecule has 0 unspecified atom stereocenters. The van der Waals surface area contributed by atoms with Gasteiger partial charge in [0.2, 0.25) is 0 Å². The second-order valence-electron chi connectivity index (χ2n) is 6.84. The van der Waals surface area contributed by atoms with Crippen LogP contribution in [0.5, 0.6) is 0 Å². The summed E-state index contributed by atoms with van der Waals surface area (Å²) < 4.78 is 3.47. The van der Waals surface area contributed by atoms with Gasteiger partial charge in [0, 0.05) is 40.0 Å². The molecule has 0 atom stereocenters. The summed E-state index contributed by atoms with van der Waals surface area (Å²) in [4.78, 5) is 5.68. The number of aryl methyl sites for hydroxylation is 2. The molecule has 28 heavy (non-hydrogen) atoms. The summed E-state index contributed by atoms with van der Waals surface area (Å²) in [5.74, 6) is 6.47. The zero-order chi connectivity index (χ0) is 19.2. The predicted molar refractivity (Wildman–Crippen MR) is 118 cm³/mol. The van der Waals surface area contributed by atoms with E-state index >= 15 is 0 Å². The van der Waals surface area contributed by atoms with Gasteiger partial charge < -0.3 is 0 Å². The monoisotopic (exact) mass is 382 g/mol. The van der Waals surface area contributed by atoms with Crippen LogP contribution in [0.4, 0.5) is 0 Å². The van der Waals surface area contributed by atoms with Crippen molar-refractivity contribution in [1.29, 1.82) is 0 Å². The Bertz CT molecular complexity index is 1060. The molecule has 3 aromatic rings. The normalized spacial score (nSPS) is 12.2. The average Bonchev–Trinajstić information content (AvgIpc) is 2.73. The molecule has 0 amide bonds. The maximum absolute atomic E-state index is 4.50. The van der Waals surface area contributed by atoms with Crippen molar-refractivity contribution in [2.24, 2.45) is 0 Å². The summed E-state index contributed by atoms with van der Waals surface area (Å²) in [5, 5.41) is 0. The van der Waals surface area contributed by atoms with E-state index < -0.39 is 0 Å². The van der Waals surface area contributed by atoms with Crippen molar-refractivity contribution in [3.8, 4) is 11.8 Å². The maximum Gasteiger partial charge on any atom is 0.0482 e. The molecule has 0 spiro atoms. The van der Waals surface area contributed by atoms with Crippen LogP contribution in [-0.2, 0) is 13.0 Å². The Hall–Kier alpha value is -2.80. The highest BCUT2D eigenvalue weighted by Gasteiger charge is 2.09. The van der Waals surface area contributed by atoms with Crippen LogP contribution in [0.25, 0.3) is 6.08 Å². The number of pyridine rings is 1. The number of rotatable bonds is 4. The Kier molecular flexibility index (Phi) is 5.92. The van der Waals surface area contributed by atoms with Crippen LogP contribution in [0.3, 0.4) is 0 Å². The molecule has 0 fully saturated rings. The Balaban J connectivity index is 1.35.